The lowest BCUT2D eigenvalue weighted by Crippen LogP contribution is -2.63. The second-order valence-electron chi connectivity index (χ2n) is 10.7. The predicted molar refractivity (Wildman–Crippen MR) is 152 cm³/mol. The molecule has 3 unspecified atom stereocenters. The molecule has 5 nitrogen and oxygen atoms in total. The van der Waals surface area contributed by atoms with E-state index in [0.717, 1.165) is 56.2 Å². The molecule has 3 atom stereocenters. The molecular weight excluding hydrogens is 490 g/mol. The quantitative estimate of drug-likeness (QED) is 0.336. The zero-order valence-electron chi connectivity index (χ0n) is 22.3. The van der Waals surface area contributed by atoms with Crippen LogP contribution in [0.2, 0.25) is 5.02 Å². The second-order valence-corrected chi connectivity index (χ2v) is 12.6. The summed E-state index contributed by atoms with van der Waals surface area (Å²) in [6.45, 7) is 12.0. The number of fused-ring (bicyclic) bond motifs is 1. The number of piperidine rings is 1. The molecule has 1 aliphatic heterocycles. The normalized spacial score (nSPS) is 26.0. The van der Waals surface area contributed by atoms with E-state index in [4.69, 9.17) is 16.3 Å². The molecule has 0 aromatic heterocycles. The molecule has 0 bridgehead atoms. The lowest BCUT2D eigenvalue weighted by Gasteiger charge is -2.58. The van der Waals surface area contributed by atoms with E-state index in [1.54, 1.807) is 0 Å². The minimum atomic E-state index is -1.00. The molecule has 1 heterocycles. The van der Waals surface area contributed by atoms with Gasteiger partial charge in [0.05, 0.1) is 16.7 Å². The van der Waals surface area contributed by atoms with Gasteiger partial charge in [-0.2, -0.15) is 0 Å². The van der Waals surface area contributed by atoms with Crippen molar-refractivity contribution in [2.75, 3.05) is 45.1 Å². The summed E-state index contributed by atoms with van der Waals surface area (Å²) in [5.41, 5.74) is 3.10. The van der Waals surface area contributed by atoms with Gasteiger partial charge in [0.2, 0.25) is 0 Å². The monoisotopic (exact) mass is 533 g/mol. The van der Waals surface area contributed by atoms with Gasteiger partial charge in [0, 0.05) is 40.6 Å². The first-order valence-corrected chi connectivity index (χ1v) is 15.5. The molecule has 3 aliphatic rings. The van der Waals surface area contributed by atoms with Crippen LogP contribution in [0.4, 0.5) is 0 Å². The summed E-state index contributed by atoms with van der Waals surface area (Å²) in [4.78, 5) is 2.37. The van der Waals surface area contributed by atoms with Gasteiger partial charge in [-0.3, -0.25) is 0 Å². The van der Waals surface area contributed by atoms with Crippen LogP contribution in [0.5, 0.6) is 0 Å². The van der Waals surface area contributed by atoms with Crippen LogP contribution in [0.3, 0.4) is 0 Å². The molecule has 2 fully saturated rings. The molecule has 36 heavy (non-hydrogen) atoms. The van der Waals surface area contributed by atoms with Crippen molar-refractivity contribution in [3.63, 3.8) is 0 Å². The Labute approximate surface area is 225 Å². The second kappa shape index (κ2) is 12.6. The molecular formula is C29H44ClN3O2S. The van der Waals surface area contributed by atoms with Gasteiger partial charge in [0.15, 0.2) is 0 Å². The summed E-state index contributed by atoms with van der Waals surface area (Å²) < 4.78 is 21.7. The van der Waals surface area contributed by atoms with Crippen LogP contribution in [0, 0.1) is 5.41 Å². The van der Waals surface area contributed by atoms with Gasteiger partial charge in [-0.05, 0) is 75.6 Å². The molecule has 0 spiro atoms. The predicted octanol–water partition coefficient (Wildman–Crippen LogP) is 5.35. The van der Waals surface area contributed by atoms with E-state index in [0.29, 0.717) is 24.9 Å². The molecule has 1 aromatic carbocycles. The van der Waals surface area contributed by atoms with E-state index in [1.165, 1.54) is 30.4 Å². The van der Waals surface area contributed by atoms with E-state index in [9.17, 15) is 4.21 Å². The maximum Gasteiger partial charge on any atom is 0.101 e. The van der Waals surface area contributed by atoms with Crippen molar-refractivity contribution in [2.45, 2.75) is 70.8 Å². The van der Waals surface area contributed by atoms with Gasteiger partial charge in [0.25, 0.3) is 0 Å². The first-order chi connectivity index (χ1) is 17.4. The molecule has 0 radical (unpaired) electrons. The van der Waals surface area contributed by atoms with Crippen molar-refractivity contribution in [1.82, 2.24) is 14.9 Å². The van der Waals surface area contributed by atoms with Crippen LogP contribution in [-0.2, 0) is 21.1 Å². The number of halogens is 1. The van der Waals surface area contributed by atoms with Crippen molar-refractivity contribution < 1.29 is 8.95 Å². The number of hydrogen-bond acceptors (Lipinski definition) is 4. The zero-order valence-corrected chi connectivity index (χ0v) is 23.9. The molecule has 4 rings (SSSR count). The molecule has 1 aromatic rings. The van der Waals surface area contributed by atoms with Crippen LogP contribution >= 0.6 is 11.6 Å². The highest BCUT2D eigenvalue weighted by atomic mass is 35.5. The first kappa shape index (κ1) is 27.8. The largest absolute Gasteiger partial charge is 0.497 e. The summed E-state index contributed by atoms with van der Waals surface area (Å²) in [6.07, 6.45) is 11.1. The van der Waals surface area contributed by atoms with Gasteiger partial charge < -0.3 is 15.0 Å². The number of benzene rings is 1. The average molecular weight is 534 g/mol. The van der Waals surface area contributed by atoms with Crippen LogP contribution in [0.15, 0.2) is 47.7 Å². The summed E-state index contributed by atoms with van der Waals surface area (Å²) >= 11 is 6.22. The Morgan fingerprint density at radius 3 is 2.61 bits per heavy atom. The van der Waals surface area contributed by atoms with E-state index in [-0.39, 0.29) is 10.8 Å². The van der Waals surface area contributed by atoms with E-state index >= 15 is 0 Å². The van der Waals surface area contributed by atoms with Crippen LogP contribution in [0.25, 0.3) is 0 Å². The fraction of sp³-hybridized carbons (Fsp3) is 0.655. The maximum atomic E-state index is 12.3. The highest BCUT2D eigenvalue weighted by Crippen LogP contribution is 2.57. The number of hydrogen-bond donors (Lipinski definition) is 2. The number of nitrogens with one attached hydrogen (secondary N) is 2. The van der Waals surface area contributed by atoms with E-state index < -0.39 is 11.0 Å². The summed E-state index contributed by atoms with van der Waals surface area (Å²) in [5.74, 6) is 1.72. The maximum absolute atomic E-state index is 12.3. The topological polar surface area (TPSA) is 53.6 Å². The minimum absolute atomic E-state index is 0.0169. The van der Waals surface area contributed by atoms with Gasteiger partial charge in [-0.15, -0.1) is 0 Å². The highest BCUT2D eigenvalue weighted by Gasteiger charge is 2.55. The zero-order chi connectivity index (χ0) is 25.6. The highest BCUT2D eigenvalue weighted by molar-refractivity contribution is 7.83. The fourth-order valence-electron chi connectivity index (χ4n) is 6.51. The number of ether oxygens (including phenoxy) is 1. The first-order valence-electron chi connectivity index (χ1n) is 13.8. The SMILES string of the molecule is CCN(CC)CCCS(=O)NCCOC1=CC=C2CCNC(C3(c4ccc(Cl)cc4)CCC3)C2(C)C1. The van der Waals surface area contributed by atoms with Crippen molar-refractivity contribution in [3.8, 4) is 0 Å². The Kier molecular flexibility index (Phi) is 9.73. The third-order valence-electron chi connectivity index (χ3n) is 8.69. The smallest absolute Gasteiger partial charge is 0.101 e. The van der Waals surface area contributed by atoms with Crippen molar-refractivity contribution in [1.29, 1.82) is 0 Å². The molecule has 2 aliphatic carbocycles. The van der Waals surface area contributed by atoms with Gasteiger partial charge in [-0.25, -0.2) is 8.93 Å². The Morgan fingerprint density at radius 1 is 1.19 bits per heavy atom. The minimum Gasteiger partial charge on any atom is -0.497 e. The van der Waals surface area contributed by atoms with E-state index in [1.807, 2.05) is 12.1 Å². The summed E-state index contributed by atoms with van der Waals surface area (Å²) in [6, 6.07) is 8.90. The van der Waals surface area contributed by atoms with E-state index in [2.05, 4.69) is 60.0 Å². The van der Waals surface area contributed by atoms with Crippen molar-refractivity contribution in [3.05, 3.63) is 58.3 Å². The molecule has 1 saturated heterocycles. The lowest BCUT2D eigenvalue weighted by atomic mass is 9.51. The number of allylic oxidation sites excluding steroid dienone is 3. The summed E-state index contributed by atoms with van der Waals surface area (Å²) in [5, 5.41) is 4.74. The fourth-order valence-corrected chi connectivity index (χ4v) is 7.48. The lowest BCUT2D eigenvalue weighted by molar-refractivity contribution is 0.0586. The molecule has 1 saturated carbocycles. The van der Waals surface area contributed by atoms with Gasteiger partial charge in [0.1, 0.15) is 6.61 Å². The molecule has 200 valence electrons. The average Bonchev–Trinajstić information content (AvgIpc) is 2.85. The Hall–Kier alpha value is -1.18. The third kappa shape index (κ3) is 6.10. The molecule has 2 N–H and O–H groups in total. The van der Waals surface area contributed by atoms with Crippen molar-refractivity contribution in [2.24, 2.45) is 5.41 Å². The van der Waals surface area contributed by atoms with Crippen LogP contribution in [-0.4, -0.2) is 60.2 Å². The Balaban J connectivity index is 1.32. The van der Waals surface area contributed by atoms with Gasteiger partial charge >= 0.3 is 0 Å². The standard InChI is InChI=1S/C29H44ClN3O2S/c1-4-33(5-2)19-7-21-36(34)32-18-20-35-26-13-10-23-14-17-31-27(28(23,3)22-26)29(15-6-16-29)24-8-11-25(30)12-9-24/h8-13,27,31-32H,4-7,14-22H2,1-3H3. The van der Waals surface area contributed by atoms with Crippen LogP contribution in [0.1, 0.15) is 64.9 Å². The molecule has 0 amide bonds. The van der Waals surface area contributed by atoms with Crippen LogP contribution < -0.4 is 10.0 Å². The van der Waals surface area contributed by atoms with Crippen molar-refractivity contribution >= 4 is 22.6 Å². The molecule has 7 heteroatoms. The Bertz CT molecular complexity index is 956. The number of nitrogens with zero attached hydrogens (tertiary/aromatic N) is 1. The van der Waals surface area contributed by atoms with Gasteiger partial charge in [-0.1, -0.05) is 62.6 Å². The summed E-state index contributed by atoms with van der Waals surface area (Å²) in [7, 11) is -1.00. The number of rotatable bonds is 13. The third-order valence-corrected chi connectivity index (χ3v) is 10.1. The Morgan fingerprint density at radius 2 is 1.94 bits per heavy atom.